The number of hydrogen-bond acceptors (Lipinski definition) is 4. The lowest BCUT2D eigenvalue weighted by Gasteiger charge is -2.08. The Hall–Kier alpha value is -2.22. The van der Waals surface area contributed by atoms with Crippen molar-refractivity contribution in [2.24, 2.45) is 0 Å². The zero-order valence-corrected chi connectivity index (χ0v) is 8.40. The van der Waals surface area contributed by atoms with Gasteiger partial charge in [-0.25, -0.2) is 4.79 Å². The van der Waals surface area contributed by atoms with Crippen molar-refractivity contribution in [3.8, 4) is 11.8 Å². The SMILES string of the molecule is COC(=O)Nc1ccc(C#N)cc1OC. The lowest BCUT2D eigenvalue weighted by Crippen LogP contribution is -2.11. The topological polar surface area (TPSA) is 71.3 Å². The highest BCUT2D eigenvalue weighted by Gasteiger charge is 2.07. The number of anilines is 1. The van der Waals surface area contributed by atoms with E-state index < -0.39 is 6.09 Å². The van der Waals surface area contributed by atoms with Gasteiger partial charge in [-0.2, -0.15) is 5.26 Å². The van der Waals surface area contributed by atoms with Gasteiger partial charge in [0.2, 0.25) is 0 Å². The van der Waals surface area contributed by atoms with E-state index >= 15 is 0 Å². The first-order valence-electron chi connectivity index (χ1n) is 4.14. The van der Waals surface area contributed by atoms with Crippen molar-refractivity contribution < 1.29 is 14.3 Å². The van der Waals surface area contributed by atoms with Crippen LogP contribution in [0.4, 0.5) is 10.5 Å². The summed E-state index contributed by atoms with van der Waals surface area (Å²) in [5.74, 6) is 0.416. The Labute approximate surface area is 87.2 Å². The summed E-state index contributed by atoms with van der Waals surface area (Å²) in [6.45, 7) is 0. The Morgan fingerprint density at radius 3 is 2.73 bits per heavy atom. The van der Waals surface area contributed by atoms with E-state index in [0.717, 1.165) is 0 Å². The maximum atomic E-state index is 10.9. The molecule has 0 atom stereocenters. The van der Waals surface area contributed by atoms with Gasteiger partial charge < -0.3 is 9.47 Å². The van der Waals surface area contributed by atoms with Crippen LogP contribution in [0, 0.1) is 11.3 Å². The summed E-state index contributed by atoms with van der Waals surface area (Å²) in [4.78, 5) is 10.9. The fourth-order valence-electron chi connectivity index (χ4n) is 1.03. The number of rotatable bonds is 2. The van der Waals surface area contributed by atoms with Crippen LogP contribution in [0.1, 0.15) is 5.56 Å². The van der Waals surface area contributed by atoms with Crippen LogP contribution >= 0.6 is 0 Å². The van der Waals surface area contributed by atoms with Gasteiger partial charge in [0.05, 0.1) is 31.5 Å². The van der Waals surface area contributed by atoms with Crippen LogP contribution in [-0.4, -0.2) is 20.3 Å². The van der Waals surface area contributed by atoms with E-state index in [1.807, 2.05) is 6.07 Å². The van der Waals surface area contributed by atoms with Crippen LogP contribution in [0.2, 0.25) is 0 Å². The maximum absolute atomic E-state index is 10.9. The molecular formula is C10H10N2O3. The van der Waals surface area contributed by atoms with Crippen molar-refractivity contribution in [2.75, 3.05) is 19.5 Å². The Bertz CT molecular complexity index is 410. The molecule has 0 spiro atoms. The molecule has 1 aromatic rings. The number of methoxy groups -OCH3 is 2. The summed E-state index contributed by atoms with van der Waals surface area (Å²) in [7, 11) is 2.73. The van der Waals surface area contributed by atoms with Crippen LogP contribution in [0.15, 0.2) is 18.2 Å². The molecule has 0 aromatic heterocycles. The summed E-state index contributed by atoms with van der Waals surface area (Å²) in [5, 5.41) is 11.1. The van der Waals surface area contributed by atoms with Gasteiger partial charge in [-0.15, -0.1) is 0 Å². The molecule has 0 heterocycles. The first kappa shape index (κ1) is 10.9. The van der Waals surface area contributed by atoms with Gasteiger partial charge in [0.1, 0.15) is 5.75 Å². The summed E-state index contributed by atoms with van der Waals surface area (Å²) in [5.41, 5.74) is 0.922. The summed E-state index contributed by atoms with van der Waals surface area (Å²) < 4.78 is 9.45. The quantitative estimate of drug-likeness (QED) is 0.800. The van der Waals surface area contributed by atoms with Gasteiger partial charge in [-0.05, 0) is 12.1 Å². The fourth-order valence-corrected chi connectivity index (χ4v) is 1.03. The Morgan fingerprint density at radius 2 is 2.20 bits per heavy atom. The van der Waals surface area contributed by atoms with Crippen LogP contribution in [0.5, 0.6) is 5.75 Å². The molecule has 5 heteroatoms. The van der Waals surface area contributed by atoms with Crippen molar-refractivity contribution in [1.82, 2.24) is 0 Å². The third-order valence-corrected chi connectivity index (χ3v) is 1.75. The second-order valence-corrected chi connectivity index (χ2v) is 2.64. The second-order valence-electron chi connectivity index (χ2n) is 2.64. The van der Waals surface area contributed by atoms with E-state index in [9.17, 15) is 4.79 Å². The maximum Gasteiger partial charge on any atom is 0.411 e. The minimum absolute atomic E-state index is 0.416. The first-order chi connectivity index (χ1) is 7.21. The van der Waals surface area contributed by atoms with E-state index in [1.165, 1.54) is 20.3 Å². The number of nitrogens with zero attached hydrogens (tertiary/aromatic N) is 1. The van der Waals surface area contributed by atoms with E-state index in [0.29, 0.717) is 17.0 Å². The molecule has 0 aliphatic rings. The number of ether oxygens (including phenoxy) is 2. The molecule has 0 aliphatic carbocycles. The smallest absolute Gasteiger partial charge is 0.411 e. The van der Waals surface area contributed by atoms with Gasteiger partial charge in [-0.1, -0.05) is 0 Å². The minimum Gasteiger partial charge on any atom is -0.495 e. The van der Waals surface area contributed by atoms with E-state index in [-0.39, 0.29) is 0 Å². The molecule has 0 saturated carbocycles. The normalized spacial score (nSPS) is 8.87. The molecule has 0 saturated heterocycles. The average Bonchev–Trinajstić information content (AvgIpc) is 2.29. The number of carbonyl (C=O) groups is 1. The van der Waals surface area contributed by atoms with Gasteiger partial charge in [0, 0.05) is 6.07 Å². The molecule has 1 rings (SSSR count). The molecule has 0 aliphatic heterocycles. The summed E-state index contributed by atoms with van der Waals surface area (Å²) in [6, 6.07) is 6.66. The van der Waals surface area contributed by atoms with Crippen molar-refractivity contribution in [2.45, 2.75) is 0 Å². The third kappa shape index (κ3) is 2.61. The molecule has 15 heavy (non-hydrogen) atoms. The number of nitrogens with one attached hydrogen (secondary N) is 1. The molecule has 78 valence electrons. The van der Waals surface area contributed by atoms with Crippen molar-refractivity contribution in [3.63, 3.8) is 0 Å². The second kappa shape index (κ2) is 4.86. The molecule has 0 fully saturated rings. The molecule has 0 bridgehead atoms. The molecule has 1 amide bonds. The number of nitriles is 1. The number of carbonyl (C=O) groups excluding carboxylic acids is 1. The number of hydrogen-bond donors (Lipinski definition) is 1. The van der Waals surface area contributed by atoms with Crippen molar-refractivity contribution in [1.29, 1.82) is 5.26 Å². The molecule has 0 unspecified atom stereocenters. The molecule has 5 nitrogen and oxygen atoms in total. The third-order valence-electron chi connectivity index (χ3n) is 1.75. The van der Waals surface area contributed by atoms with E-state index in [2.05, 4.69) is 10.1 Å². The Kier molecular flexibility index (Phi) is 3.52. The van der Waals surface area contributed by atoms with E-state index in [1.54, 1.807) is 12.1 Å². The monoisotopic (exact) mass is 206 g/mol. The van der Waals surface area contributed by atoms with Crippen LogP contribution in [0.25, 0.3) is 0 Å². The predicted octanol–water partition coefficient (Wildman–Crippen LogP) is 1.75. The van der Waals surface area contributed by atoms with E-state index in [4.69, 9.17) is 10.00 Å². The molecule has 0 radical (unpaired) electrons. The number of benzene rings is 1. The molecular weight excluding hydrogens is 196 g/mol. The zero-order valence-electron chi connectivity index (χ0n) is 8.40. The first-order valence-corrected chi connectivity index (χ1v) is 4.14. The molecule has 1 aromatic carbocycles. The predicted molar refractivity (Wildman–Crippen MR) is 53.7 cm³/mol. The molecule has 1 N–H and O–H groups in total. The highest BCUT2D eigenvalue weighted by atomic mass is 16.5. The average molecular weight is 206 g/mol. The standard InChI is InChI=1S/C10H10N2O3/c1-14-9-5-7(6-11)3-4-8(9)12-10(13)15-2/h3-5H,1-2H3,(H,12,13). The largest absolute Gasteiger partial charge is 0.495 e. The number of amides is 1. The van der Waals surface area contributed by atoms with Gasteiger partial charge in [0.25, 0.3) is 0 Å². The lowest BCUT2D eigenvalue weighted by atomic mass is 10.2. The van der Waals surface area contributed by atoms with Crippen molar-refractivity contribution >= 4 is 11.8 Å². The summed E-state index contributed by atoms with van der Waals surface area (Å²) >= 11 is 0. The van der Waals surface area contributed by atoms with Crippen LogP contribution in [0.3, 0.4) is 0 Å². The van der Waals surface area contributed by atoms with Crippen LogP contribution < -0.4 is 10.1 Å². The highest BCUT2D eigenvalue weighted by Crippen LogP contribution is 2.25. The van der Waals surface area contributed by atoms with Crippen LogP contribution in [-0.2, 0) is 4.74 Å². The van der Waals surface area contributed by atoms with Gasteiger partial charge in [-0.3, -0.25) is 5.32 Å². The zero-order chi connectivity index (χ0) is 11.3. The Morgan fingerprint density at radius 1 is 1.47 bits per heavy atom. The highest BCUT2D eigenvalue weighted by molar-refractivity contribution is 5.86. The fraction of sp³-hybridized carbons (Fsp3) is 0.200. The Balaban J connectivity index is 2.98. The lowest BCUT2D eigenvalue weighted by molar-refractivity contribution is 0.187. The van der Waals surface area contributed by atoms with Crippen molar-refractivity contribution in [3.05, 3.63) is 23.8 Å². The van der Waals surface area contributed by atoms with Gasteiger partial charge in [0.15, 0.2) is 0 Å². The van der Waals surface area contributed by atoms with Gasteiger partial charge >= 0.3 is 6.09 Å². The minimum atomic E-state index is -0.585. The summed E-state index contributed by atoms with van der Waals surface area (Å²) in [6.07, 6.45) is -0.585.